The Labute approximate surface area is 218 Å². The minimum Gasteiger partial charge on any atom is -0.465 e. The summed E-state index contributed by atoms with van der Waals surface area (Å²) >= 11 is 0. The molecule has 0 heterocycles. The third-order valence-electron chi connectivity index (χ3n) is 6.59. The number of amides is 2. The third-order valence-corrected chi connectivity index (χ3v) is 11.6. The third kappa shape index (κ3) is 7.13. The fourth-order valence-corrected chi connectivity index (χ4v) is 9.20. The normalized spacial score (nSPS) is 13.4. The van der Waals surface area contributed by atoms with Crippen LogP contribution >= 0.6 is 0 Å². The highest BCUT2D eigenvalue weighted by Crippen LogP contribution is 2.37. The van der Waals surface area contributed by atoms with E-state index in [1.807, 2.05) is 81.4 Å². The van der Waals surface area contributed by atoms with Gasteiger partial charge in [-0.1, -0.05) is 81.4 Å². The van der Waals surface area contributed by atoms with Crippen molar-refractivity contribution in [3.05, 3.63) is 60.7 Å². The molecule has 10 heteroatoms. The van der Waals surface area contributed by atoms with Crippen LogP contribution in [0, 0.1) is 0 Å². The molecule has 0 fully saturated rings. The monoisotopic (exact) mass is 538 g/mol. The van der Waals surface area contributed by atoms with E-state index >= 15 is 0 Å². The van der Waals surface area contributed by atoms with Crippen molar-refractivity contribution in [1.82, 2.24) is 9.80 Å². The smallest absolute Gasteiger partial charge is 0.465 e. The summed E-state index contributed by atoms with van der Waals surface area (Å²) < 4.78 is 46.9. The standard InChI is InChI=1S/C27H37F3N2O4Si/c1-20(2)32(25(34)35)18-17-21(31(6)24(33)27(28,29)30)19-36-37(26(3,4)5,22-13-9-7-10-14-22)23-15-11-8-12-16-23/h7-16,20-21H,17-19H2,1-6H3,(H,34,35)/t21-/m0/s1. The molecule has 0 aromatic heterocycles. The summed E-state index contributed by atoms with van der Waals surface area (Å²) in [5.41, 5.74) is 0. The zero-order valence-corrected chi connectivity index (χ0v) is 23.2. The van der Waals surface area contributed by atoms with Gasteiger partial charge in [-0.2, -0.15) is 13.2 Å². The maximum absolute atomic E-state index is 13.4. The van der Waals surface area contributed by atoms with E-state index in [1.165, 1.54) is 0 Å². The Morgan fingerprint density at radius 3 is 1.76 bits per heavy atom. The molecular formula is C27H37F3N2O4Si. The van der Waals surface area contributed by atoms with Crippen molar-refractivity contribution in [2.24, 2.45) is 0 Å². The van der Waals surface area contributed by atoms with Gasteiger partial charge >= 0.3 is 18.2 Å². The van der Waals surface area contributed by atoms with Gasteiger partial charge in [0.25, 0.3) is 8.32 Å². The zero-order valence-electron chi connectivity index (χ0n) is 22.2. The van der Waals surface area contributed by atoms with Crippen LogP contribution in [0.25, 0.3) is 0 Å². The van der Waals surface area contributed by atoms with E-state index in [0.29, 0.717) is 4.90 Å². The van der Waals surface area contributed by atoms with Gasteiger partial charge in [0.05, 0.1) is 12.6 Å². The van der Waals surface area contributed by atoms with E-state index in [-0.39, 0.29) is 25.6 Å². The Morgan fingerprint density at radius 1 is 0.946 bits per heavy atom. The molecule has 2 aromatic rings. The first kappa shape index (κ1) is 30.4. The second-order valence-electron chi connectivity index (χ2n) is 10.4. The first-order valence-corrected chi connectivity index (χ1v) is 14.1. The number of benzene rings is 2. The van der Waals surface area contributed by atoms with Gasteiger partial charge in [-0.15, -0.1) is 0 Å². The minimum atomic E-state index is -5.06. The maximum Gasteiger partial charge on any atom is 0.471 e. The number of rotatable bonds is 10. The minimum absolute atomic E-state index is 0.0129. The van der Waals surface area contributed by atoms with Crippen LogP contribution in [-0.2, 0) is 9.22 Å². The molecule has 6 nitrogen and oxygen atoms in total. The number of likely N-dealkylation sites (N-methyl/N-ethyl adjacent to an activating group) is 1. The van der Waals surface area contributed by atoms with Crippen LogP contribution in [0.15, 0.2) is 60.7 Å². The average Bonchev–Trinajstić information content (AvgIpc) is 2.81. The molecule has 0 aliphatic rings. The van der Waals surface area contributed by atoms with Gasteiger partial charge in [-0.25, -0.2) is 4.79 Å². The molecule has 204 valence electrons. The summed E-state index contributed by atoms with van der Waals surface area (Å²) in [5.74, 6) is -1.99. The highest BCUT2D eigenvalue weighted by atomic mass is 28.4. The lowest BCUT2D eigenvalue weighted by Gasteiger charge is -2.44. The van der Waals surface area contributed by atoms with Crippen molar-refractivity contribution < 1.29 is 32.3 Å². The Morgan fingerprint density at radius 2 is 1.41 bits per heavy atom. The van der Waals surface area contributed by atoms with Gasteiger partial charge in [-0.3, -0.25) is 4.79 Å². The molecule has 0 unspecified atom stereocenters. The number of halogens is 3. The highest BCUT2D eigenvalue weighted by Gasteiger charge is 2.51. The van der Waals surface area contributed by atoms with Crippen LogP contribution in [0.3, 0.4) is 0 Å². The fraction of sp³-hybridized carbons (Fsp3) is 0.481. The van der Waals surface area contributed by atoms with Gasteiger partial charge in [0, 0.05) is 19.6 Å². The van der Waals surface area contributed by atoms with Crippen LogP contribution in [0.2, 0.25) is 5.04 Å². The van der Waals surface area contributed by atoms with E-state index in [1.54, 1.807) is 13.8 Å². The second kappa shape index (κ2) is 12.1. The molecule has 37 heavy (non-hydrogen) atoms. The van der Waals surface area contributed by atoms with Gasteiger partial charge < -0.3 is 19.3 Å². The molecule has 2 rings (SSSR count). The summed E-state index contributed by atoms with van der Waals surface area (Å²) in [6.07, 6.45) is -6.25. The molecule has 0 aliphatic heterocycles. The Hall–Kier alpha value is -2.85. The Kier molecular flexibility index (Phi) is 9.95. The second-order valence-corrected chi connectivity index (χ2v) is 14.7. The molecule has 2 aromatic carbocycles. The van der Waals surface area contributed by atoms with Gasteiger partial charge in [0.15, 0.2) is 0 Å². The molecule has 0 spiro atoms. The molecule has 0 saturated heterocycles. The topological polar surface area (TPSA) is 70.1 Å². The SMILES string of the molecule is CC(C)N(CC[C@@H](CO[Si](c1ccccc1)(c1ccccc1)C(C)(C)C)N(C)C(=O)C(F)(F)F)C(=O)O. The highest BCUT2D eigenvalue weighted by molar-refractivity contribution is 6.99. The molecule has 0 bridgehead atoms. The van der Waals surface area contributed by atoms with Gasteiger partial charge in [-0.05, 0) is 35.7 Å². The van der Waals surface area contributed by atoms with Crippen molar-refractivity contribution in [3.8, 4) is 0 Å². The summed E-state index contributed by atoms with van der Waals surface area (Å²) in [6.45, 7) is 9.28. The van der Waals surface area contributed by atoms with Crippen molar-refractivity contribution in [3.63, 3.8) is 0 Å². The maximum atomic E-state index is 13.4. The number of alkyl halides is 3. The molecule has 1 N–H and O–H groups in total. The molecule has 0 aliphatic carbocycles. The van der Waals surface area contributed by atoms with E-state index in [2.05, 4.69) is 0 Å². The lowest BCUT2D eigenvalue weighted by atomic mass is 10.1. The lowest BCUT2D eigenvalue weighted by Crippen LogP contribution is -2.67. The number of carbonyl (C=O) groups excluding carboxylic acids is 1. The summed E-state index contributed by atoms with van der Waals surface area (Å²) in [4.78, 5) is 25.7. The number of hydrogen-bond donors (Lipinski definition) is 1. The molecular weight excluding hydrogens is 501 g/mol. The van der Waals surface area contributed by atoms with Crippen molar-refractivity contribution >= 4 is 30.7 Å². The van der Waals surface area contributed by atoms with Gasteiger partial charge in [0.1, 0.15) is 0 Å². The molecule has 0 radical (unpaired) electrons. The average molecular weight is 539 g/mol. The fourth-order valence-electron chi connectivity index (χ4n) is 4.60. The Bertz CT molecular complexity index is 988. The predicted molar refractivity (Wildman–Crippen MR) is 141 cm³/mol. The molecule has 1 atom stereocenters. The number of carbonyl (C=O) groups is 2. The van der Waals surface area contributed by atoms with Crippen LogP contribution in [0.1, 0.15) is 41.0 Å². The first-order valence-electron chi connectivity index (χ1n) is 12.2. The van der Waals surface area contributed by atoms with Crippen LogP contribution in [0.4, 0.5) is 18.0 Å². The summed E-state index contributed by atoms with van der Waals surface area (Å²) in [7, 11) is -1.99. The lowest BCUT2D eigenvalue weighted by molar-refractivity contribution is -0.186. The number of nitrogens with zero attached hydrogens (tertiary/aromatic N) is 2. The zero-order chi connectivity index (χ0) is 28.0. The number of hydrogen-bond acceptors (Lipinski definition) is 3. The van der Waals surface area contributed by atoms with E-state index in [4.69, 9.17) is 4.43 Å². The molecule has 2 amide bonds. The van der Waals surface area contributed by atoms with Crippen molar-refractivity contribution in [2.75, 3.05) is 20.2 Å². The predicted octanol–water partition coefficient (Wildman–Crippen LogP) is 4.73. The van der Waals surface area contributed by atoms with Crippen LogP contribution in [-0.4, -0.2) is 73.7 Å². The van der Waals surface area contributed by atoms with E-state index < -0.39 is 37.6 Å². The van der Waals surface area contributed by atoms with Crippen molar-refractivity contribution in [1.29, 1.82) is 0 Å². The van der Waals surface area contributed by atoms with Crippen LogP contribution in [0.5, 0.6) is 0 Å². The molecule has 0 saturated carbocycles. The summed E-state index contributed by atoms with van der Waals surface area (Å²) in [5, 5.41) is 11.0. The van der Waals surface area contributed by atoms with Crippen LogP contribution < -0.4 is 10.4 Å². The van der Waals surface area contributed by atoms with E-state index in [0.717, 1.165) is 22.3 Å². The largest absolute Gasteiger partial charge is 0.471 e. The summed E-state index contributed by atoms with van der Waals surface area (Å²) in [6, 6.07) is 17.9. The Balaban J connectivity index is 2.54. The first-order chi connectivity index (χ1) is 17.1. The van der Waals surface area contributed by atoms with E-state index in [9.17, 15) is 27.9 Å². The van der Waals surface area contributed by atoms with Gasteiger partial charge in [0.2, 0.25) is 0 Å². The number of carboxylic acid groups (broad SMARTS) is 1. The van der Waals surface area contributed by atoms with Crippen molar-refractivity contribution in [2.45, 2.75) is 64.3 Å². The quantitative estimate of drug-likeness (QED) is 0.444.